The maximum atomic E-state index is 6.73. The van der Waals surface area contributed by atoms with Crippen molar-refractivity contribution >= 4 is 75.4 Å². The molecule has 0 saturated carbocycles. The third-order valence-electron chi connectivity index (χ3n) is 10.0. The van der Waals surface area contributed by atoms with Crippen LogP contribution in [0.5, 0.6) is 0 Å². The van der Waals surface area contributed by atoms with E-state index >= 15 is 0 Å². The van der Waals surface area contributed by atoms with E-state index in [1.165, 1.54) is 31.3 Å². The quantitative estimate of drug-likeness (QED) is 0.139. The Hall–Kier alpha value is -5.76. The molecule has 6 heteroatoms. The third kappa shape index (κ3) is 5.28. The first-order valence-electron chi connectivity index (χ1n) is 17.2. The molecule has 2 unspecified atom stereocenters. The molecule has 0 amide bonds. The lowest BCUT2D eigenvalue weighted by molar-refractivity contribution is 0.386. The molecule has 0 aliphatic carbocycles. The molecule has 3 heterocycles. The standard InChI is InChI=1S/C45H33N3O2S/c46-44(28-9-2-1-3-10-28)48-45(30-18-20-33-32-11-4-6-15-38(32)50-41(33)25-30)47-26-27-17-21-39-36(23-27)37-24-29(19-22-40(37)49-39)31-13-8-14-35-34-12-5-7-16-42(34)51-43(31)35/h1-25,44-45,47-48H,26,46H2. The fourth-order valence-corrected chi connectivity index (χ4v) is 8.67. The molecular weight excluding hydrogens is 647 g/mol. The number of hydrogen-bond acceptors (Lipinski definition) is 6. The molecule has 0 spiro atoms. The minimum absolute atomic E-state index is 0.247. The van der Waals surface area contributed by atoms with Crippen LogP contribution in [0.2, 0.25) is 0 Å². The van der Waals surface area contributed by atoms with Crippen molar-refractivity contribution < 1.29 is 8.83 Å². The highest BCUT2D eigenvalue weighted by Crippen LogP contribution is 2.41. The number of rotatable bonds is 8. The van der Waals surface area contributed by atoms with Crippen LogP contribution in [0.1, 0.15) is 29.0 Å². The van der Waals surface area contributed by atoms with Crippen molar-refractivity contribution in [1.29, 1.82) is 0 Å². The number of nitrogens with one attached hydrogen (secondary N) is 2. The Morgan fingerprint density at radius 1 is 0.529 bits per heavy atom. The monoisotopic (exact) mass is 679 g/mol. The van der Waals surface area contributed by atoms with Gasteiger partial charge in [0.2, 0.25) is 0 Å². The maximum Gasteiger partial charge on any atom is 0.135 e. The van der Waals surface area contributed by atoms with Crippen LogP contribution in [0.3, 0.4) is 0 Å². The molecule has 10 aromatic rings. The van der Waals surface area contributed by atoms with Gasteiger partial charge in [0.15, 0.2) is 0 Å². The molecular formula is C45H33N3O2S. The van der Waals surface area contributed by atoms with E-state index in [-0.39, 0.29) is 12.3 Å². The molecule has 51 heavy (non-hydrogen) atoms. The largest absolute Gasteiger partial charge is 0.456 e. The number of benzene rings is 7. The van der Waals surface area contributed by atoms with E-state index < -0.39 is 0 Å². The average Bonchev–Trinajstić information content (AvgIpc) is 3.87. The molecule has 4 N–H and O–H groups in total. The lowest BCUT2D eigenvalue weighted by Gasteiger charge is -2.25. The summed E-state index contributed by atoms with van der Waals surface area (Å²) in [6.07, 6.45) is -0.623. The van der Waals surface area contributed by atoms with Gasteiger partial charge in [-0.1, -0.05) is 109 Å². The predicted molar refractivity (Wildman–Crippen MR) is 212 cm³/mol. The molecule has 10 rings (SSSR count). The highest BCUT2D eigenvalue weighted by atomic mass is 32.1. The van der Waals surface area contributed by atoms with Gasteiger partial charge in [-0.15, -0.1) is 11.3 Å². The van der Waals surface area contributed by atoms with Crippen molar-refractivity contribution in [3.63, 3.8) is 0 Å². The number of para-hydroxylation sites is 1. The van der Waals surface area contributed by atoms with Gasteiger partial charge in [-0.3, -0.25) is 10.6 Å². The van der Waals surface area contributed by atoms with E-state index in [0.717, 1.165) is 60.6 Å². The Balaban J connectivity index is 0.996. The molecule has 246 valence electrons. The van der Waals surface area contributed by atoms with Crippen LogP contribution in [-0.4, -0.2) is 0 Å². The number of nitrogens with two attached hydrogens (primary N) is 1. The maximum absolute atomic E-state index is 6.73. The molecule has 0 fully saturated rings. The second-order valence-electron chi connectivity index (χ2n) is 13.1. The first-order chi connectivity index (χ1) is 25.2. The van der Waals surface area contributed by atoms with E-state index in [0.29, 0.717) is 6.54 Å². The van der Waals surface area contributed by atoms with Crippen LogP contribution >= 0.6 is 11.3 Å². The molecule has 0 aliphatic heterocycles. The summed E-state index contributed by atoms with van der Waals surface area (Å²) in [5.74, 6) is 0. The molecule has 0 aliphatic rings. The van der Waals surface area contributed by atoms with Crippen molar-refractivity contribution in [3.05, 3.63) is 168 Å². The summed E-state index contributed by atoms with van der Waals surface area (Å²) < 4.78 is 15.2. The second-order valence-corrected chi connectivity index (χ2v) is 14.2. The number of thiophene rings is 1. The van der Waals surface area contributed by atoms with E-state index in [4.69, 9.17) is 14.6 Å². The van der Waals surface area contributed by atoms with E-state index in [9.17, 15) is 0 Å². The highest BCUT2D eigenvalue weighted by molar-refractivity contribution is 7.26. The van der Waals surface area contributed by atoms with Gasteiger partial charge in [-0.2, -0.15) is 0 Å². The summed E-state index contributed by atoms with van der Waals surface area (Å²) in [7, 11) is 0. The summed E-state index contributed by atoms with van der Waals surface area (Å²) in [6.45, 7) is 0.612. The third-order valence-corrected chi connectivity index (χ3v) is 11.2. The fourth-order valence-electron chi connectivity index (χ4n) is 7.43. The van der Waals surface area contributed by atoms with Crippen molar-refractivity contribution in [2.24, 2.45) is 5.73 Å². The van der Waals surface area contributed by atoms with Crippen LogP contribution in [0.15, 0.2) is 160 Å². The molecule has 5 nitrogen and oxygen atoms in total. The number of furan rings is 2. The van der Waals surface area contributed by atoms with Gasteiger partial charge in [0.25, 0.3) is 0 Å². The molecule has 0 saturated heterocycles. The Labute approximate surface area is 297 Å². The zero-order chi connectivity index (χ0) is 33.9. The van der Waals surface area contributed by atoms with Crippen molar-refractivity contribution in [2.75, 3.05) is 0 Å². The minimum atomic E-state index is -0.376. The van der Waals surface area contributed by atoms with E-state index in [2.05, 4.69) is 114 Å². The Morgan fingerprint density at radius 3 is 2.14 bits per heavy atom. The average molecular weight is 680 g/mol. The van der Waals surface area contributed by atoms with Crippen LogP contribution in [-0.2, 0) is 6.54 Å². The van der Waals surface area contributed by atoms with Gasteiger partial charge in [-0.05, 0) is 70.3 Å². The summed E-state index contributed by atoms with van der Waals surface area (Å²) in [5.41, 5.74) is 15.9. The SMILES string of the molecule is NC(NC(NCc1ccc2oc3ccc(-c4cccc5c4sc4ccccc45)cc3c2c1)c1ccc2c(c1)oc1ccccc12)c1ccccc1. The van der Waals surface area contributed by atoms with Crippen molar-refractivity contribution in [2.45, 2.75) is 18.9 Å². The van der Waals surface area contributed by atoms with Crippen LogP contribution < -0.4 is 16.4 Å². The van der Waals surface area contributed by atoms with Gasteiger partial charge in [-0.25, -0.2) is 0 Å². The van der Waals surface area contributed by atoms with Crippen molar-refractivity contribution in [1.82, 2.24) is 10.6 Å². The van der Waals surface area contributed by atoms with E-state index in [1.807, 2.05) is 59.9 Å². The fraction of sp³-hybridized carbons (Fsp3) is 0.0667. The summed E-state index contributed by atoms with van der Waals surface area (Å²) >= 11 is 1.86. The predicted octanol–water partition coefficient (Wildman–Crippen LogP) is 11.6. The molecule has 3 aromatic heterocycles. The van der Waals surface area contributed by atoms with Crippen LogP contribution in [0, 0.1) is 0 Å². The Morgan fingerprint density at radius 2 is 1.24 bits per heavy atom. The number of hydrogen-bond donors (Lipinski definition) is 3. The molecule has 2 atom stereocenters. The zero-order valence-electron chi connectivity index (χ0n) is 27.6. The van der Waals surface area contributed by atoms with Crippen molar-refractivity contribution in [3.8, 4) is 11.1 Å². The number of fused-ring (bicyclic) bond motifs is 9. The molecule has 0 radical (unpaired) electrons. The van der Waals surface area contributed by atoms with E-state index in [1.54, 1.807) is 0 Å². The summed E-state index contributed by atoms with van der Waals surface area (Å²) in [6, 6.07) is 53.0. The first-order valence-corrected chi connectivity index (χ1v) is 18.0. The van der Waals surface area contributed by atoms with Gasteiger partial charge >= 0.3 is 0 Å². The Bertz CT molecular complexity index is 2890. The van der Waals surface area contributed by atoms with Crippen LogP contribution in [0.25, 0.3) is 75.2 Å². The smallest absolute Gasteiger partial charge is 0.135 e. The van der Waals surface area contributed by atoms with Gasteiger partial charge < -0.3 is 14.6 Å². The summed E-state index contributed by atoms with van der Waals surface area (Å²) in [5, 5.41) is 14.4. The zero-order valence-corrected chi connectivity index (χ0v) is 28.4. The molecule has 7 aromatic carbocycles. The molecule has 0 bridgehead atoms. The minimum Gasteiger partial charge on any atom is -0.456 e. The Kier molecular flexibility index (Phi) is 7.22. The normalized spacial score (nSPS) is 13.3. The topological polar surface area (TPSA) is 76.4 Å². The second kappa shape index (κ2) is 12.2. The first kappa shape index (κ1) is 30.1. The lowest BCUT2D eigenvalue weighted by atomic mass is 10.00. The highest BCUT2D eigenvalue weighted by Gasteiger charge is 2.19. The van der Waals surface area contributed by atoms with Gasteiger partial charge in [0.1, 0.15) is 22.3 Å². The van der Waals surface area contributed by atoms with Gasteiger partial charge in [0, 0.05) is 48.3 Å². The summed E-state index contributed by atoms with van der Waals surface area (Å²) in [4.78, 5) is 0. The van der Waals surface area contributed by atoms with Crippen LogP contribution in [0.4, 0.5) is 0 Å². The lowest BCUT2D eigenvalue weighted by Crippen LogP contribution is -2.39. The van der Waals surface area contributed by atoms with Gasteiger partial charge in [0.05, 0.1) is 12.3 Å².